The fraction of sp³-hybridized carbons (Fsp3) is 0.167. The third-order valence-electron chi connectivity index (χ3n) is 4.07. The predicted octanol–water partition coefficient (Wildman–Crippen LogP) is 2.92. The van der Waals surface area contributed by atoms with Crippen LogP contribution in [0.25, 0.3) is 0 Å². The van der Waals surface area contributed by atoms with Crippen molar-refractivity contribution >= 4 is 37.5 Å². The van der Waals surface area contributed by atoms with E-state index in [9.17, 15) is 34.8 Å². The largest absolute Gasteiger partial charge is 0.435 e. The molecule has 1 aliphatic rings. The second-order valence-electron chi connectivity index (χ2n) is 6.18. The number of hydrogen-bond donors (Lipinski definition) is 1. The van der Waals surface area contributed by atoms with Crippen molar-refractivity contribution in [1.29, 1.82) is 0 Å². The molecular formula is C18H14F3NO6S3. The van der Waals surface area contributed by atoms with Gasteiger partial charge in [0.05, 0.1) is 10.1 Å². The van der Waals surface area contributed by atoms with Gasteiger partial charge in [0.2, 0.25) is 0 Å². The molecule has 0 bridgehead atoms. The summed E-state index contributed by atoms with van der Waals surface area (Å²) in [7, 11) is -8.42. The van der Waals surface area contributed by atoms with Gasteiger partial charge in [-0.3, -0.25) is 4.79 Å². The summed E-state index contributed by atoms with van der Waals surface area (Å²) in [6.45, 7) is -3.05. The van der Waals surface area contributed by atoms with E-state index in [0.717, 1.165) is 42.5 Å². The van der Waals surface area contributed by atoms with E-state index in [1.54, 1.807) is 4.72 Å². The number of halogens is 3. The molecule has 2 aromatic carbocycles. The number of carbonyl (C=O) groups is 1. The first-order chi connectivity index (χ1) is 14.5. The maximum absolute atomic E-state index is 13.4. The molecule has 0 fully saturated rings. The molecule has 0 radical (unpaired) electrons. The minimum atomic E-state index is -4.39. The Kier molecular flexibility index (Phi) is 6.67. The van der Waals surface area contributed by atoms with Crippen LogP contribution in [0, 0.1) is 5.82 Å². The van der Waals surface area contributed by atoms with Crippen molar-refractivity contribution in [3.63, 3.8) is 0 Å². The van der Waals surface area contributed by atoms with Gasteiger partial charge < -0.3 is 4.74 Å². The molecule has 1 atom stereocenters. The second kappa shape index (κ2) is 8.93. The number of nitrogens with one attached hydrogen (secondary N) is 1. The zero-order chi connectivity index (χ0) is 22.8. The van der Waals surface area contributed by atoms with E-state index < -0.39 is 43.4 Å². The molecule has 1 amide bonds. The van der Waals surface area contributed by atoms with Gasteiger partial charge >= 0.3 is 6.61 Å². The molecule has 1 heterocycles. The molecule has 0 saturated heterocycles. The topological polar surface area (TPSA) is 107 Å². The lowest BCUT2D eigenvalue weighted by molar-refractivity contribution is -0.0498. The van der Waals surface area contributed by atoms with Crippen molar-refractivity contribution in [2.45, 2.75) is 16.8 Å². The number of rotatable bonds is 7. The van der Waals surface area contributed by atoms with Crippen LogP contribution in [0.4, 0.5) is 13.2 Å². The van der Waals surface area contributed by atoms with Crippen LogP contribution >= 0.6 is 11.8 Å². The van der Waals surface area contributed by atoms with E-state index in [1.807, 2.05) is 0 Å². The van der Waals surface area contributed by atoms with Crippen LogP contribution < -0.4 is 9.46 Å². The first kappa shape index (κ1) is 23.2. The zero-order valence-electron chi connectivity index (χ0n) is 15.4. The second-order valence-corrected chi connectivity index (χ2v) is 11.3. The number of hydrogen-bond acceptors (Lipinski definition) is 7. The average molecular weight is 494 g/mol. The van der Waals surface area contributed by atoms with E-state index in [2.05, 4.69) is 4.74 Å². The summed E-state index contributed by atoms with van der Waals surface area (Å²) in [6, 6.07) is 8.67. The summed E-state index contributed by atoms with van der Waals surface area (Å²) in [5, 5.41) is -1.23. The Bertz CT molecular complexity index is 1230. The van der Waals surface area contributed by atoms with Crippen molar-refractivity contribution in [2.24, 2.45) is 0 Å². The van der Waals surface area contributed by atoms with Gasteiger partial charge in [0.25, 0.3) is 15.9 Å². The molecule has 2 aromatic rings. The lowest BCUT2D eigenvalue weighted by Gasteiger charge is -2.08. The van der Waals surface area contributed by atoms with Crippen molar-refractivity contribution in [3.05, 3.63) is 70.2 Å². The zero-order valence-corrected chi connectivity index (χ0v) is 17.8. The molecular weight excluding hydrogens is 479 g/mol. The van der Waals surface area contributed by atoms with Crippen LogP contribution in [-0.4, -0.2) is 40.4 Å². The molecule has 3 rings (SSSR count). The summed E-state index contributed by atoms with van der Waals surface area (Å²) in [5.41, 5.74) is -0.141. The third kappa shape index (κ3) is 5.40. The first-order valence-corrected chi connectivity index (χ1v) is 12.5. The van der Waals surface area contributed by atoms with Crippen molar-refractivity contribution in [1.82, 2.24) is 4.72 Å². The Morgan fingerprint density at radius 3 is 2.39 bits per heavy atom. The van der Waals surface area contributed by atoms with Gasteiger partial charge in [-0.05, 0) is 48.5 Å². The Morgan fingerprint density at radius 1 is 1.10 bits per heavy atom. The van der Waals surface area contributed by atoms with Crippen LogP contribution in [0.5, 0.6) is 5.75 Å². The molecule has 0 saturated carbocycles. The van der Waals surface area contributed by atoms with Gasteiger partial charge in [-0.25, -0.2) is 25.9 Å². The molecule has 1 N–H and O–H groups in total. The Hall–Kier alpha value is -2.51. The lowest BCUT2D eigenvalue weighted by atomic mass is 10.2. The predicted molar refractivity (Wildman–Crippen MR) is 107 cm³/mol. The van der Waals surface area contributed by atoms with Crippen LogP contribution in [0.3, 0.4) is 0 Å². The smallest absolute Gasteiger partial charge is 0.387 e. The Labute approximate surface area is 180 Å². The summed E-state index contributed by atoms with van der Waals surface area (Å²) < 4.78 is 93.5. The van der Waals surface area contributed by atoms with E-state index in [-0.39, 0.29) is 26.2 Å². The van der Waals surface area contributed by atoms with Gasteiger partial charge in [0.1, 0.15) is 15.8 Å². The standard InChI is InChI=1S/C18H14F3NO6S3/c19-12-2-1-3-14(8-12)30(24,25)15-9-16(29-10-15)31(26,27)22-17(23)11-4-6-13(7-5-11)28-18(20)21/h1-9,15,18H,10H2,(H,22,23). The third-order valence-corrected chi connectivity index (χ3v) is 9.37. The monoisotopic (exact) mass is 493 g/mol. The molecule has 0 aliphatic carbocycles. The molecule has 1 aliphatic heterocycles. The Balaban J connectivity index is 1.75. The maximum Gasteiger partial charge on any atom is 0.387 e. The number of thioether (sulfide) groups is 1. The van der Waals surface area contributed by atoms with Gasteiger partial charge in [0, 0.05) is 11.3 Å². The minimum Gasteiger partial charge on any atom is -0.435 e. The summed E-state index contributed by atoms with van der Waals surface area (Å²) in [4.78, 5) is 11.9. The van der Waals surface area contributed by atoms with Gasteiger partial charge in [-0.1, -0.05) is 6.07 Å². The molecule has 0 spiro atoms. The summed E-state index contributed by atoms with van der Waals surface area (Å²) in [6.07, 6.45) is 0.986. The number of sulfonamides is 1. The summed E-state index contributed by atoms with van der Waals surface area (Å²) >= 11 is 0.712. The number of benzene rings is 2. The van der Waals surface area contributed by atoms with Crippen LogP contribution in [0.1, 0.15) is 10.4 Å². The number of carbonyl (C=O) groups excluding carboxylic acids is 1. The molecule has 31 heavy (non-hydrogen) atoms. The van der Waals surface area contributed by atoms with E-state index >= 15 is 0 Å². The van der Waals surface area contributed by atoms with Gasteiger partial charge in [0.15, 0.2) is 9.84 Å². The Morgan fingerprint density at radius 2 is 1.77 bits per heavy atom. The van der Waals surface area contributed by atoms with Crippen molar-refractivity contribution in [3.8, 4) is 5.75 Å². The van der Waals surface area contributed by atoms with E-state index in [1.165, 1.54) is 12.1 Å². The van der Waals surface area contributed by atoms with Crippen LogP contribution in [-0.2, 0) is 19.9 Å². The molecule has 0 aromatic heterocycles. The lowest BCUT2D eigenvalue weighted by Crippen LogP contribution is -2.30. The highest BCUT2D eigenvalue weighted by Gasteiger charge is 2.35. The highest BCUT2D eigenvalue weighted by molar-refractivity contribution is 8.18. The fourth-order valence-corrected chi connectivity index (χ4v) is 7.34. The number of amides is 1. The number of alkyl halides is 2. The summed E-state index contributed by atoms with van der Waals surface area (Å²) in [5.74, 6) is -2.14. The number of ether oxygens (including phenoxy) is 1. The van der Waals surface area contributed by atoms with E-state index in [4.69, 9.17) is 0 Å². The molecule has 7 nitrogen and oxygen atoms in total. The van der Waals surface area contributed by atoms with Crippen LogP contribution in [0.2, 0.25) is 0 Å². The quantitative estimate of drug-likeness (QED) is 0.632. The molecule has 166 valence electrons. The fourth-order valence-electron chi connectivity index (χ4n) is 2.60. The maximum atomic E-state index is 13.4. The van der Waals surface area contributed by atoms with Gasteiger partial charge in [-0.2, -0.15) is 8.78 Å². The van der Waals surface area contributed by atoms with Crippen molar-refractivity contribution < 1.29 is 39.5 Å². The normalized spacial score (nSPS) is 16.8. The van der Waals surface area contributed by atoms with Gasteiger partial charge in [-0.15, -0.1) is 11.8 Å². The highest BCUT2D eigenvalue weighted by Crippen LogP contribution is 2.35. The molecule has 13 heteroatoms. The minimum absolute atomic E-state index is 0.136. The highest BCUT2D eigenvalue weighted by atomic mass is 32.3. The van der Waals surface area contributed by atoms with E-state index in [0.29, 0.717) is 11.8 Å². The first-order valence-electron chi connectivity index (χ1n) is 8.45. The SMILES string of the molecule is O=C(NS(=O)(=O)C1=CC(S(=O)(=O)c2cccc(F)c2)CS1)c1ccc(OC(F)F)cc1. The average Bonchev–Trinajstić information content (AvgIpc) is 3.20. The van der Waals surface area contributed by atoms with Crippen molar-refractivity contribution in [2.75, 3.05) is 5.75 Å². The van der Waals surface area contributed by atoms with Crippen LogP contribution in [0.15, 0.2) is 63.7 Å². The number of sulfone groups is 1. The molecule has 1 unspecified atom stereocenters.